The molecule has 10 heteroatoms. The fourth-order valence-electron chi connectivity index (χ4n) is 5.21. The molecular weight excluding hydrogens is 558 g/mol. The molecule has 224 valence electrons. The number of rotatable bonds is 10. The van der Waals surface area contributed by atoms with Gasteiger partial charge in [0.2, 0.25) is 15.8 Å². The predicted molar refractivity (Wildman–Crippen MR) is 167 cm³/mol. The van der Waals surface area contributed by atoms with Gasteiger partial charge in [-0.3, -0.25) is 0 Å². The summed E-state index contributed by atoms with van der Waals surface area (Å²) in [5.41, 5.74) is 4.67. The van der Waals surface area contributed by atoms with Gasteiger partial charge < -0.3 is 19.1 Å². The van der Waals surface area contributed by atoms with Gasteiger partial charge in [-0.25, -0.2) is 13.4 Å². The van der Waals surface area contributed by atoms with Crippen LogP contribution in [0, 0.1) is 0 Å². The molecule has 0 amide bonds. The third kappa shape index (κ3) is 6.20. The van der Waals surface area contributed by atoms with Gasteiger partial charge in [-0.2, -0.15) is 4.31 Å². The second kappa shape index (κ2) is 12.6. The van der Waals surface area contributed by atoms with Crippen molar-refractivity contribution in [2.45, 2.75) is 64.2 Å². The first-order chi connectivity index (χ1) is 19.4. The van der Waals surface area contributed by atoms with Gasteiger partial charge >= 0.3 is 0 Å². The van der Waals surface area contributed by atoms with Crippen molar-refractivity contribution in [3.05, 3.63) is 46.3 Å². The fourth-order valence-corrected chi connectivity index (χ4v) is 8.18. The summed E-state index contributed by atoms with van der Waals surface area (Å²) in [6.07, 6.45) is 0. The molecule has 0 radical (unpaired) electrons. The molecule has 1 aromatic heterocycles. The minimum absolute atomic E-state index is 0.0983. The molecule has 0 unspecified atom stereocenters. The molecule has 1 fully saturated rings. The third-order valence-electron chi connectivity index (χ3n) is 7.64. The molecule has 8 nitrogen and oxygen atoms in total. The molecule has 3 aromatic rings. The lowest BCUT2D eigenvalue weighted by molar-refractivity contribution is 0.324. The Labute approximate surface area is 249 Å². The lowest BCUT2D eigenvalue weighted by atomic mass is 9.89. The molecule has 0 bridgehead atoms. The van der Waals surface area contributed by atoms with Crippen LogP contribution in [0.3, 0.4) is 0 Å². The van der Waals surface area contributed by atoms with Crippen LogP contribution in [-0.4, -0.2) is 65.2 Å². The van der Waals surface area contributed by atoms with E-state index in [1.54, 1.807) is 37.0 Å². The standard InChI is InChI=1S/C31H43N3O5S2/c1-19(2)22-14-24(20(3)4)30(25(15-22)21(5)6)41(35,36)34-12-10-33(11-13-34)31-32-26(18-40-31)23-16-27(37-7)29(39-9)28(17-23)38-8/h14-21H,10-13H2,1-9H3. The second-order valence-electron chi connectivity index (χ2n) is 11.3. The first-order valence-corrected chi connectivity index (χ1v) is 16.4. The van der Waals surface area contributed by atoms with Crippen molar-refractivity contribution in [1.29, 1.82) is 0 Å². The number of thiazole rings is 1. The lowest BCUT2D eigenvalue weighted by Gasteiger charge is -2.35. The van der Waals surface area contributed by atoms with Crippen molar-refractivity contribution in [3.8, 4) is 28.5 Å². The average Bonchev–Trinajstić information content (AvgIpc) is 3.46. The van der Waals surface area contributed by atoms with Gasteiger partial charge in [0, 0.05) is 37.1 Å². The van der Waals surface area contributed by atoms with Gasteiger partial charge in [0.1, 0.15) is 0 Å². The maximum absolute atomic E-state index is 14.2. The second-order valence-corrected chi connectivity index (χ2v) is 14.0. The number of hydrogen-bond acceptors (Lipinski definition) is 8. The SMILES string of the molecule is COc1cc(-c2csc(N3CCN(S(=O)(=O)c4c(C(C)C)cc(C(C)C)cc4C(C)C)CC3)n2)cc(OC)c1OC. The molecule has 1 saturated heterocycles. The van der Waals surface area contributed by atoms with Crippen LogP contribution in [0.1, 0.15) is 76.0 Å². The molecule has 0 atom stereocenters. The van der Waals surface area contributed by atoms with Gasteiger partial charge in [-0.15, -0.1) is 11.3 Å². The number of benzene rings is 2. The number of sulfonamides is 1. The zero-order valence-electron chi connectivity index (χ0n) is 25.6. The maximum Gasteiger partial charge on any atom is 0.243 e. The van der Waals surface area contributed by atoms with E-state index >= 15 is 0 Å². The monoisotopic (exact) mass is 601 g/mol. The minimum atomic E-state index is -3.67. The Morgan fingerprint density at radius 1 is 0.780 bits per heavy atom. The Morgan fingerprint density at radius 2 is 1.32 bits per heavy atom. The lowest BCUT2D eigenvalue weighted by Crippen LogP contribution is -2.49. The van der Waals surface area contributed by atoms with Gasteiger partial charge in [-0.1, -0.05) is 53.7 Å². The van der Waals surface area contributed by atoms with Gasteiger partial charge in [0.25, 0.3) is 0 Å². The molecule has 2 heterocycles. The molecule has 1 aliphatic heterocycles. The van der Waals surface area contributed by atoms with E-state index in [4.69, 9.17) is 19.2 Å². The normalized spacial score (nSPS) is 14.8. The van der Waals surface area contributed by atoms with Crippen LogP contribution in [0.2, 0.25) is 0 Å². The molecule has 0 N–H and O–H groups in total. The van der Waals surface area contributed by atoms with E-state index in [0.29, 0.717) is 54.2 Å². The van der Waals surface area contributed by atoms with E-state index < -0.39 is 10.0 Å². The number of anilines is 1. The smallest absolute Gasteiger partial charge is 0.243 e. The van der Waals surface area contributed by atoms with Crippen LogP contribution in [0.25, 0.3) is 11.3 Å². The van der Waals surface area contributed by atoms with E-state index in [-0.39, 0.29) is 11.8 Å². The van der Waals surface area contributed by atoms with Gasteiger partial charge in [0.15, 0.2) is 16.6 Å². The molecule has 41 heavy (non-hydrogen) atoms. The number of aromatic nitrogens is 1. The van der Waals surface area contributed by atoms with Crippen LogP contribution >= 0.6 is 11.3 Å². The maximum atomic E-state index is 14.2. The average molecular weight is 602 g/mol. The van der Waals surface area contributed by atoms with Crippen molar-refractivity contribution in [2.75, 3.05) is 52.4 Å². The zero-order valence-corrected chi connectivity index (χ0v) is 27.3. The largest absolute Gasteiger partial charge is 0.493 e. The minimum Gasteiger partial charge on any atom is -0.493 e. The van der Waals surface area contributed by atoms with Crippen molar-refractivity contribution < 1.29 is 22.6 Å². The Hall–Kier alpha value is -2.82. The fraction of sp³-hybridized carbons (Fsp3) is 0.516. The van der Waals surface area contributed by atoms with Crippen molar-refractivity contribution in [2.24, 2.45) is 0 Å². The Kier molecular flexibility index (Phi) is 9.56. The number of nitrogens with zero attached hydrogens (tertiary/aromatic N) is 3. The summed E-state index contributed by atoms with van der Waals surface area (Å²) in [7, 11) is 1.09. The van der Waals surface area contributed by atoms with E-state index in [2.05, 4.69) is 58.6 Å². The highest BCUT2D eigenvalue weighted by Crippen LogP contribution is 2.42. The highest BCUT2D eigenvalue weighted by atomic mass is 32.2. The quantitative estimate of drug-likeness (QED) is 0.255. The first kappa shape index (κ1) is 31.1. The summed E-state index contributed by atoms with van der Waals surface area (Å²) in [5, 5.41) is 2.86. The Bertz CT molecular complexity index is 1420. The van der Waals surface area contributed by atoms with Crippen LogP contribution in [0.15, 0.2) is 34.5 Å². The first-order valence-electron chi connectivity index (χ1n) is 14.1. The Morgan fingerprint density at radius 3 is 1.76 bits per heavy atom. The van der Waals surface area contributed by atoms with Crippen LogP contribution in [0.4, 0.5) is 5.13 Å². The predicted octanol–water partition coefficient (Wildman–Crippen LogP) is 6.72. The summed E-state index contributed by atoms with van der Waals surface area (Å²) in [6.45, 7) is 14.6. The van der Waals surface area contributed by atoms with E-state index in [1.165, 1.54) is 5.56 Å². The van der Waals surface area contributed by atoms with Gasteiger partial charge in [0.05, 0.1) is 31.9 Å². The highest BCUT2D eigenvalue weighted by Gasteiger charge is 2.34. The van der Waals surface area contributed by atoms with E-state index in [9.17, 15) is 8.42 Å². The molecule has 2 aromatic carbocycles. The topological polar surface area (TPSA) is 81.2 Å². The van der Waals surface area contributed by atoms with Crippen molar-refractivity contribution >= 4 is 26.5 Å². The number of ether oxygens (including phenoxy) is 3. The van der Waals surface area contributed by atoms with E-state index in [0.717, 1.165) is 27.5 Å². The summed E-state index contributed by atoms with van der Waals surface area (Å²) >= 11 is 1.54. The zero-order chi connectivity index (χ0) is 30.1. The molecule has 1 aliphatic rings. The summed E-state index contributed by atoms with van der Waals surface area (Å²) < 4.78 is 46.5. The number of hydrogen-bond donors (Lipinski definition) is 0. The van der Waals surface area contributed by atoms with Gasteiger partial charge in [-0.05, 0) is 46.6 Å². The van der Waals surface area contributed by atoms with Crippen LogP contribution < -0.4 is 19.1 Å². The highest BCUT2D eigenvalue weighted by molar-refractivity contribution is 7.89. The Balaban J connectivity index is 1.58. The number of piperazine rings is 1. The summed E-state index contributed by atoms with van der Waals surface area (Å²) in [4.78, 5) is 7.54. The third-order valence-corrected chi connectivity index (χ3v) is 10.6. The molecule has 0 aliphatic carbocycles. The van der Waals surface area contributed by atoms with Crippen LogP contribution in [-0.2, 0) is 10.0 Å². The van der Waals surface area contributed by atoms with Crippen LogP contribution in [0.5, 0.6) is 17.2 Å². The van der Waals surface area contributed by atoms with Crippen molar-refractivity contribution in [3.63, 3.8) is 0 Å². The molecular formula is C31H43N3O5S2. The summed E-state index contributed by atoms with van der Waals surface area (Å²) in [5.74, 6) is 2.19. The van der Waals surface area contributed by atoms with Crippen molar-refractivity contribution in [1.82, 2.24) is 9.29 Å². The molecule has 0 spiro atoms. The molecule has 4 rings (SSSR count). The van der Waals surface area contributed by atoms with E-state index in [1.807, 2.05) is 17.5 Å². The number of methoxy groups -OCH3 is 3. The summed E-state index contributed by atoms with van der Waals surface area (Å²) in [6, 6.07) is 7.97. The molecule has 0 saturated carbocycles.